The van der Waals surface area contributed by atoms with Gasteiger partial charge in [-0.05, 0) is 42.7 Å². The van der Waals surface area contributed by atoms with E-state index in [1.54, 1.807) is 0 Å². The van der Waals surface area contributed by atoms with Crippen molar-refractivity contribution in [2.24, 2.45) is 0 Å². The maximum absolute atomic E-state index is 6.25. The summed E-state index contributed by atoms with van der Waals surface area (Å²) in [5.41, 5.74) is 6.64. The van der Waals surface area contributed by atoms with Crippen molar-refractivity contribution in [3.05, 3.63) is 70.3 Å². The van der Waals surface area contributed by atoms with Gasteiger partial charge in [0.1, 0.15) is 6.17 Å². The van der Waals surface area contributed by atoms with Gasteiger partial charge in [-0.25, -0.2) is 0 Å². The van der Waals surface area contributed by atoms with Crippen molar-refractivity contribution in [3.63, 3.8) is 0 Å². The summed E-state index contributed by atoms with van der Waals surface area (Å²) in [7, 11) is 0. The lowest BCUT2D eigenvalue weighted by Gasteiger charge is -2.32. The second kappa shape index (κ2) is 4.88. The molecule has 1 unspecified atom stereocenters. The van der Waals surface area contributed by atoms with E-state index in [4.69, 9.17) is 11.6 Å². The van der Waals surface area contributed by atoms with E-state index in [1.807, 2.05) is 18.2 Å². The van der Waals surface area contributed by atoms with Crippen LogP contribution in [0.4, 0.5) is 5.69 Å². The van der Waals surface area contributed by atoms with Gasteiger partial charge < -0.3 is 10.6 Å². The van der Waals surface area contributed by atoms with Gasteiger partial charge in [-0.1, -0.05) is 42.4 Å². The van der Waals surface area contributed by atoms with E-state index < -0.39 is 0 Å². The number of nitrogens with one attached hydrogen (secondary N) is 2. The van der Waals surface area contributed by atoms with Crippen LogP contribution in [0.25, 0.3) is 5.70 Å². The van der Waals surface area contributed by atoms with Gasteiger partial charge in [0.15, 0.2) is 0 Å². The Morgan fingerprint density at radius 3 is 2.60 bits per heavy atom. The van der Waals surface area contributed by atoms with Crippen molar-refractivity contribution >= 4 is 23.0 Å². The molecular formula is C17H17ClN2. The molecule has 0 aromatic heterocycles. The Bertz CT molecular complexity index is 691. The van der Waals surface area contributed by atoms with E-state index in [0.717, 1.165) is 16.9 Å². The van der Waals surface area contributed by atoms with E-state index in [-0.39, 0.29) is 6.17 Å². The smallest absolute Gasteiger partial charge is 0.123 e. The molecule has 0 radical (unpaired) electrons. The lowest BCUT2D eigenvalue weighted by Crippen LogP contribution is -2.32. The highest BCUT2D eigenvalue weighted by Crippen LogP contribution is 2.36. The summed E-state index contributed by atoms with van der Waals surface area (Å²) in [6, 6.07) is 12.2. The third-order valence-electron chi connectivity index (χ3n) is 3.89. The van der Waals surface area contributed by atoms with Crippen molar-refractivity contribution in [1.29, 1.82) is 0 Å². The van der Waals surface area contributed by atoms with Crippen LogP contribution in [-0.2, 0) is 0 Å². The van der Waals surface area contributed by atoms with Crippen LogP contribution in [0.5, 0.6) is 0 Å². The summed E-state index contributed by atoms with van der Waals surface area (Å²) in [6.07, 6.45) is 0.0216. The molecule has 2 aromatic carbocycles. The molecule has 20 heavy (non-hydrogen) atoms. The number of hydrogen-bond donors (Lipinski definition) is 2. The number of benzene rings is 2. The van der Waals surface area contributed by atoms with E-state index >= 15 is 0 Å². The van der Waals surface area contributed by atoms with E-state index in [0.29, 0.717) is 5.02 Å². The van der Waals surface area contributed by atoms with Gasteiger partial charge in [-0.15, -0.1) is 0 Å². The van der Waals surface area contributed by atoms with Gasteiger partial charge in [0.25, 0.3) is 0 Å². The molecule has 0 saturated heterocycles. The molecule has 102 valence electrons. The molecular weight excluding hydrogens is 268 g/mol. The summed E-state index contributed by atoms with van der Waals surface area (Å²) in [6.45, 7) is 8.38. The van der Waals surface area contributed by atoms with Crippen molar-refractivity contribution in [2.75, 3.05) is 5.32 Å². The first-order valence-corrected chi connectivity index (χ1v) is 7.02. The number of anilines is 1. The molecule has 0 amide bonds. The topological polar surface area (TPSA) is 24.1 Å². The molecule has 0 aliphatic carbocycles. The minimum atomic E-state index is 0.0216. The van der Waals surface area contributed by atoms with Gasteiger partial charge in [0.05, 0.1) is 5.02 Å². The van der Waals surface area contributed by atoms with Crippen molar-refractivity contribution in [2.45, 2.75) is 20.0 Å². The van der Waals surface area contributed by atoms with Crippen LogP contribution in [0.2, 0.25) is 5.02 Å². The Balaban J connectivity index is 2.04. The molecule has 3 heteroatoms. The van der Waals surface area contributed by atoms with Crippen LogP contribution >= 0.6 is 11.6 Å². The Morgan fingerprint density at radius 2 is 1.80 bits per heavy atom. The van der Waals surface area contributed by atoms with Gasteiger partial charge in [-0.2, -0.15) is 0 Å². The van der Waals surface area contributed by atoms with Gasteiger partial charge >= 0.3 is 0 Å². The predicted molar refractivity (Wildman–Crippen MR) is 85.9 cm³/mol. The van der Waals surface area contributed by atoms with E-state index in [1.165, 1.54) is 16.7 Å². The average Bonchev–Trinajstić information content (AvgIpc) is 2.41. The van der Waals surface area contributed by atoms with E-state index in [9.17, 15) is 0 Å². The molecule has 0 spiro atoms. The first-order valence-electron chi connectivity index (χ1n) is 6.65. The zero-order valence-electron chi connectivity index (χ0n) is 11.6. The molecule has 2 nitrogen and oxygen atoms in total. The average molecular weight is 285 g/mol. The fourth-order valence-electron chi connectivity index (χ4n) is 2.63. The number of halogens is 1. The number of aryl methyl sites for hydroxylation is 1. The molecule has 1 atom stereocenters. The fourth-order valence-corrected chi connectivity index (χ4v) is 2.92. The highest BCUT2D eigenvalue weighted by molar-refractivity contribution is 6.33. The monoisotopic (exact) mass is 284 g/mol. The standard InChI is InChI=1S/C17H17ClN2/c1-10-6-4-7-13(11(10)2)17-19-12(3)16-14(18)8-5-9-15(16)20-17/h4-9,17,19-20H,3H2,1-2H3. The Hall–Kier alpha value is -1.93. The minimum absolute atomic E-state index is 0.0216. The number of rotatable bonds is 1. The number of fused-ring (bicyclic) bond motifs is 1. The van der Waals surface area contributed by atoms with Crippen LogP contribution in [0.3, 0.4) is 0 Å². The Morgan fingerprint density at radius 1 is 1.05 bits per heavy atom. The maximum atomic E-state index is 6.25. The SMILES string of the molecule is C=C1NC(c2cccc(C)c2C)Nc2cccc(Cl)c21. The zero-order valence-corrected chi connectivity index (χ0v) is 12.4. The molecule has 1 aliphatic heterocycles. The van der Waals surface area contributed by atoms with Crippen LogP contribution in [0.15, 0.2) is 43.0 Å². The molecule has 2 N–H and O–H groups in total. The molecule has 2 aromatic rings. The Labute approximate surface area is 124 Å². The molecule has 1 heterocycles. The summed E-state index contributed by atoms with van der Waals surface area (Å²) < 4.78 is 0. The third-order valence-corrected chi connectivity index (χ3v) is 4.21. The molecule has 3 rings (SSSR count). The first kappa shape index (κ1) is 13.1. The lowest BCUT2D eigenvalue weighted by atomic mass is 9.98. The number of hydrogen-bond acceptors (Lipinski definition) is 2. The summed E-state index contributed by atoms with van der Waals surface area (Å²) in [4.78, 5) is 0. The highest BCUT2D eigenvalue weighted by Gasteiger charge is 2.23. The fraction of sp³-hybridized carbons (Fsp3) is 0.176. The maximum Gasteiger partial charge on any atom is 0.123 e. The van der Waals surface area contributed by atoms with Crippen molar-refractivity contribution < 1.29 is 0 Å². The quantitative estimate of drug-likeness (QED) is 0.797. The van der Waals surface area contributed by atoms with Gasteiger partial charge in [0.2, 0.25) is 0 Å². The lowest BCUT2D eigenvalue weighted by molar-refractivity contribution is 0.698. The minimum Gasteiger partial charge on any atom is -0.362 e. The molecule has 1 aliphatic rings. The van der Waals surface area contributed by atoms with E-state index in [2.05, 4.69) is 49.3 Å². The zero-order chi connectivity index (χ0) is 14.3. The predicted octanol–water partition coefficient (Wildman–Crippen LogP) is 4.64. The van der Waals surface area contributed by atoms with Crippen LogP contribution in [-0.4, -0.2) is 0 Å². The Kier molecular flexibility index (Phi) is 3.19. The normalized spacial score (nSPS) is 17.1. The second-order valence-electron chi connectivity index (χ2n) is 5.15. The molecule has 0 saturated carbocycles. The molecule has 0 bridgehead atoms. The van der Waals surface area contributed by atoms with Crippen molar-refractivity contribution in [1.82, 2.24) is 5.32 Å². The van der Waals surface area contributed by atoms with Crippen LogP contribution < -0.4 is 10.6 Å². The second-order valence-corrected chi connectivity index (χ2v) is 5.56. The van der Waals surface area contributed by atoms with Crippen LogP contribution in [0.1, 0.15) is 28.4 Å². The van der Waals surface area contributed by atoms with Gasteiger partial charge in [-0.3, -0.25) is 0 Å². The van der Waals surface area contributed by atoms with Gasteiger partial charge in [0, 0.05) is 16.9 Å². The largest absolute Gasteiger partial charge is 0.362 e. The van der Waals surface area contributed by atoms with Crippen LogP contribution in [0, 0.1) is 13.8 Å². The summed E-state index contributed by atoms with van der Waals surface area (Å²) >= 11 is 6.25. The first-order chi connectivity index (χ1) is 9.58. The summed E-state index contributed by atoms with van der Waals surface area (Å²) in [5.74, 6) is 0. The molecule has 0 fully saturated rings. The van der Waals surface area contributed by atoms with Crippen molar-refractivity contribution in [3.8, 4) is 0 Å². The third kappa shape index (κ3) is 2.06. The highest BCUT2D eigenvalue weighted by atomic mass is 35.5. The summed E-state index contributed by atoms with van der Waals surface area (Å²) in [5, 5.41) is 7.62.